The average Bonchev–Trinajstić information content (AvgIpc) is 3.31. The Morgan fingerprint density at radius 1 is 1.20 bits per heavy atom. The molecule has 5 heteroatoms. The summed E-state index contributed by atoms with van der Waals surface area (Å²) in [5.74, 6) is 0.0387. The van der Waals surface area contributed by atoms with Crippen LogP contribution in [0.15, 0.2) is 36.4 Å². The van der Waals surface area contributed by atoms with Gasteiger partial charge in [-0.1, -0.05) is 37.1 Å². The predicted octanol–water partition coefficient (Wildman–Crippen LogP) is 2.37. The standard InChI is InChI=1S/C20H27N3O2/c1-15(24)22-19(17-8-2-3-9-17)20(25)21-14-16-7-6-10-18(13-16)23-11-4-5-12-23/h4-7,10,13,17,19H,2-3,8-9,11-12,14H2,1H3,(H,21,25)(H,22,24)/t19-/m1/s1. The van der Waals surface area contributed by atoms with Gasteiger partial charge in [0.2, 0.25) is 11.8 Å². The molecule has 2 amide bonds. The Morgan fingerprint density at radius 3 is 2.60 bits per heavy atom. The smallest absolute Gasteiger partial charge is 0.243 e. The van der Waals surface area contributed by atoms with Gasteiger partial charge in [-0.05, 0) is 36.5 Å². The fourth-order valence-corrected chi connectivity index (χ4v) is 3.76. The molecule has 1 aromatic rings. The Bertz CT molecular complexity index is 642. The maximum absolute atomic E-state index is 12.6. The molecule has 5 nitrogen and oxygen atoms in total. The summed E-state index contributed by atoms with van der Waals surface area (Å²) in [6.45, 7) is 3.82. The lowest BCUT2D eigenvalue weighted by Gasteiger charge is -2.23. The molecule has 1 atom stereocenters. The van der Waals surface area contributed by atoms with Crippen LogP contribution in [0, 0.1) is 5.92 Å². The molecule has 2 N–H and O–H groups in total. The van der Waals surface area contributed by atoms with Crippen molar-refractivity contribution in [3.63, 3.8) is 0 Å². The first kappa shape index (κ1) is 17.5. The van der Waals surface area contributed by atoms with Crippen molar-refractivity contribution in [2.24, 2.45) is 5.92 Å². The molecule has 0 unspecified atom stereocenters. The highest BCUT2D eigenvalue weighted by Crippen LogP contribution is 2.28. The van der Waals surface area contributed by atoms with Gasteiger partial charge in [-0.2, -0.15) is 0 Å². The lowest BCUT2D eigenvalue weighted by Crippen LogP contribution is -2.49. The number of hydrogen-bond acceptors (Lipinski definition) is 3. The SMILES string of the molecule is CC(=O)N[C@@H](C(=O)NCc1cccc(N2CC=CC2)c1)C1CCCC1. The van der Waals surface area contributed by atoms with Gasteiger partial charge in [0.25, 0.3) is 0 Å². The Hall–Kier alpha value is -2.30. The Morgan fingerprint density at radius 2 is 1.92 bits per heavy atom. The van der Waals surface area contributed by atoms with Crippen molar-refractivity contribution in [2.75, 3.05) is 18.0 Å². The molecule has 0 saturated heterocycles. The predicted molar refractivity (Wildman–Crippen MR) is 99.2 cm³/mol. The largest absolute Gasteiger partial charge is 0.364 e. The number of nitrogens with zero attached hydrogens (tertiary/aromatic N) is 1. The summed E-state index contributed by atoms with van der Waals surface area (Å²) in [7, 11) is 0. The minimum atomic E-state index is -0.411. The molecular formula is C20H27N3O2. The molecule has 1 saturated carbocycles. The van der Waals surface area contributed by atoms with Gasteiger partial charge in [-0.15, -0.1) is 0 Å². The molecule has 1 fully saturated rings. The van der Waals surface area contributed by atoms with Gasteiger partial charge < -0.3 is 15.5 Å². The van der Waals surface area contributed by atoms with Crippen LogP contribution in [-0.2, 0) is 16.1 Å². The minimum absolute atomic E-state index is 0.0738. The van der Waals surface area contributed by atoms with Gasteiger partial charge in [0.15, 0.2) is 0 Å². The van der Waals surface area contributed by atoms with Gasteiger partial charge in [0.05, 0.1) is 0 Å². The molecule has 25 heavy (non-hydrogen) atoms. The monoisotopic (exact) mass is 341 g/mol. The van der Waals surface area contributed by atoms with Gasteiger partial charge in [-0.3, -0.25) is 9.59 Å². The molecule has 1 aliphatic carbocycles. The molecular weight excluding hydrogens is 314 g/mol. The van der Waals surface area contributed by atoms with Crippen LogP contribution in [0.5, 0.6) is 0 Å². The minimum Gasteiger partial charge on any atom is -0.364 e. The van der Waals surface area contributed by atoms with Crippen LogP contribution in [-0.4, -0.2) is 30.9 Å². The zero-order valence-corrected chi connectivity index (χ0v) is 14.8. The van der Waals surface area contributed by atoms with E-state index in [-0.39, 0.29) is 17.7 Å². The van der Waals surface area contributed by atoms with E-state index in [0.29, 0.717) is 6.54 Å². The van der Waals surface area contributed by atoms with E-state index in [4.69, 9.17) is 0 Å². The molecule has 3 rings (SSSR count). The van der Waals surface area contributed by atoms with Crippen LogP contribution in [0.4, 0.5) is 5.69 Å². The van der Waals surface area contributed by atoms with Gasteiger partial charge in [-0.25, -0.2) is 0 Å². The van der Waals surface area contributed by atoms with Crippen LogP contribution in [0.2, 0.25) is 0 Å². The molecule has 1 heterocycles. The average molecular weight is 341 g/mol. The lowest BCUT2D eigenvalue weighted by atomic mass is 9.97. The highest BCUT2D eigenvalue weighted by Gasteiger charge is 2.31. The third-order valence-electron chi connectivity index (χ3n) is 5.07. The van der Waals surface area contributed by atoms with E-state index in [1.54, 1.807) is 0 Å². The van der Waals surface area contributed by atoms with Crippen LogP contribution in [0.1, 0.15) is 38.2 Å². The molecule has 2 aliphatic rings. The van der Waals surface area contributed by atoms with Crippen LogP contribution in [0.3, 0.4) is 0 Å². The highest BCUT2D eigenvalue weighted by molar-refractivity contribution is 5.87. The number of rotatable bonds is 6. The zero-order valence-electron chi connectivity index (χ0n) is 14.8. The number of hydrogen-bond donors (Lipinski definition) is 2. The van der Waals surface area contributed by atoms with Crippen molar-refractivity contribution >= 4 is 17.5 Å². The fraction of sp³-hybridized carbons (Fsp3) is 0.500. The van der Waals surface area contributed by atoms with Crippen LogP contribution in [0.25, 0.3) is 0 Å². The van der Waals surface area contributed by atoms with E-state index in [0.717, 1.165) is 44.3 Å². The summed E-state index contributed by atoms with van der Waals surface area (Å²) in [6, 6.07) is 7.85. The number of anilines is 1. The topological polar surface area (TPSA) is 61.4 Å². The summed E-state index contributed by atoms with van der Waals surface area (Å²) in [5.41, 5.74) is 2.25. The fourth-order valence-electron chi connectivity index (χ4n) is 3.76. The number of nitrogens with one attached hydrogen (secondary N) is 2. The van der Waals surface area contributed by atoms with Crippen molar-refractivity contribution in [1.82, 2.24) is 10.6 Å². The molecule has 1 aliphatic heterocycles. The van der Waals surface area contributed by atoms with Crippen molar-refractivity contribution < 1.29 is 9.59 Å². The van der Waals surface area contributed by atoms with E-state index in [1.807, 2.05) is 12.1 Å². The van der Waals surface area contributed by atoms with Crippen molar-refractivity contribution in [3.05, 3.63) is 42.0 Å². The van der Waals surface area contributed by atoms with Gasteiger partial charge in [0.1, 0.15) is 6.04 Å². The first-order valence-corrected chi connectivity index (χ1v) is 9.17. The summed E-state index contributed by atoms with van der Waals surface area (Å²) >= 11 is 0. The summed E-state index contributed by atoms with van der Waals surface area (Å²) < 4.78 is 0. The zero-order chi connectivity index (χ0) is 17.6. The normalized spacial score (nSPS) is 18.4. The van der Waals surface area contributed by atoms with E-state index in [2.05, 4.69) is 39.8 Å². The number of amides is 2. The third-order valence-corrected chi connectivity index (χ3v) is 5.07. The second-order valence-electron chi connectivity index (χ2n) is 6.99. The highest BCUT2D eigenvalue weighted by atomic mass is 16.2. The van der Waals surface area contributed by atoms with Crippen LogP contribution < -0.4 is 15.5 Å². The van der Waals surface area contributed by atoms with Crippen LogP contribution >= 0.6 is 0 Å². The first-order valence-electron chi connectivity index (χ1n) is 9.17. The molecule has 0 radical (unpaired) electrons. The maximum Gasteiger partial charge on any atom is 0.243 e. The third kappa shape index (κ3) is 4.62. The summed E-state index contributed by atoms with van der Waals surface area (Å²) in [4.78, 5) is 26.4. The second kappa shape index (κ2) is 8.19. The Labute approximate surface area is 149 Å². The summed E-state index contributed by atoms with van der Waals surface area (Å²) in [6.07, 6.45) is 8.62. The van der Waals surface area contributed by atoms with Crippen molar-refractivity contribution in [1.29, 1.82) is 0 Å². The van der Waals surface area contributed by atoms with E-state index in [1.165, 1.54) is 12.6 Å². The first-order chi connectivity index (χ1) is 12.1. The Kier molecular flexibility index (Phi) is 5.74. The molecule has 1 aromatic carbocycles. The lowest BCUT2D eigenvalue weighted by molar-refractivity contribution is -0.129. The van der Waals surface area contributed by atoms with E-state index < -0.39 is 6.04 Å². The van der Waals surface area contributed by atoms with E-state index in [9.17, 15) is 9.59 Å². The van der Waals surface area contributed by atoms with Crippen molar-refractivity contribution in [2.45, 2.75) is 45.2 Å². The summed E-state index contributed by atoms with van der Waals surface area (Å²) in [5, 5.41) is 5.86. The molecule has 134 valence electrons. The van der Waals surface area contributed by atoms with Crippen molar-refractivity contribution in [3.8, 4) is 0 Å². The quantitative estimate of drug-likeness (QED) is 0.781. The van der Waals surface area contributed by atoms with Gasteiger partial charge >= 0.3 is 0 Å². The number of benzene rings is 1. The number of carbonyl (C=O) groups is 2. The maximum atomic E-state index is 12.6. The molecule has 0 bridgehead atoms. The Balaban J connectivity index is 1.60. The van der Waals surface area contributed by atoms with Gasteiger partial charge in [0, 0.05) is 32.2 Å². The molecule has 0 spiro atoms. The second-order valence-corrected chi connectivity index (χ2v) is 6.99. The molecule has 0 aromatic heterocycles. The number of carbonyl (C=O) groups excluding carboxylic acids is 2. The van der Waals surface area contributed by atoms with E-state index >= 15 is 0 Å².